The van der Waals surface area contributed by atoms with Crippen molar-refractivity contribution in [2.24, 2.45) is 0 Å². The molecule has 0 amide bonds. The molecule has 2 aromatic rings. The number of pyridine rings is 1. The summed E-state index contributed by atoms with van der Waals surface area (Å²) in [4.78, 5) is 4.32. The monoisotopic (exact) mass is 345 g/mol. The molecule has 1 aromatic heterocycles. The molecule has 0 N–H and O–H groups in total. The third kappa shape index (κ3) is 2.41. The summed E-state index contributed by atoms with van der Waals surface area (Å²) in [7, 11) is 0. The molecule has 0 aliphatic heterocycles. The van der Waals surface area contributed by atoms with E-state index in [1.54, 1.807) is 6.20 Å². The van der Waals surface area contributed by atoms with Crippen molar-refractivity contribution in [3.05, 3.63) is 44.4 Å². The fraction of sp³-hybridized carbons (Fsp3) is 0. The average Bonchev–Trinajstić information content (AvgIpc) is 2.22. The Kier molecular flexibility index (Phi) is 3.44. The second-order valence-electron chi connectivity index (χ2n) is 2.97. The molecule has 0 aliphatic rings. The van der Waals surface area contributed by atoms with Gasteiger partial charge in [-0.15, -0.1) is 0 Å². The van der Waals surface area contributed by atoms with E-state index >= 15 is 0 Å². The summed E-state index contributed by atoms with van der Waals surface area (Å²) in [6.45, 7) is 0. The zero-order valence-corrected chi connectivity index (χ0v) is 11.5. The number of halogens is 3. The van der Waals surface area contributed by atoms with Gasteiger partial charge in [0.2, 0.25) is 0 Å². The van der Waals surface area contributed by atoms with Crippen LogP contribution < -0.4 is 0 Å². The van der Waals surface area contributed by atoms with Gasteiger partial charge in [-0.3, -0.25) is 4.98 Å². The van der Waals surface area contributed by atoms with Gasteiger partial charge in [0.1, 0.15) is 0 Å². The predicted octanol–water partition coefficient (Wildman–Crippen LogP) is 4.98. The molecule has 15 heavy (non-hydrogen) atoms. The topological polar surface area (TPSA) is 12.9 Å². The summed E-state index contributed by atoms with van der Waals surface area (Å²) in [6.07, 6.45) is 3.71. The maximum Gasteiger partial charge on any atom is 0.0789 e. The Balaban J connectivity index is 2.77. The highest BCUT2D eigenvalue weighted by Gasteiger charge is 2.03. The lowest BCUT2D eigenvalue weighted by Gasteiger charge is -2.03. The van der Waals surface area contributed by atoms with Crippen molar-refractivity contribution in [2.75, 3.05) is 0 Å². The van der Waals surface area contributed by atoms with Crippen LogP contribution in [0.3, 0.4) is 0 Å². The highest BCUT2D eigenvalue weighted by atomic mass is 79.9. The van der Waals surface area contributed by atoms with Gasteiger partial charge in [-0.25, -0.2) is 0 Å². The number of fused-ring (bicyclic) bond motifs is 1. The summed E-state index contributed by atoms with van der Waals surface area (Å²) in [5.41, 5.74) is 1.93. The Morgan fingerprint density at radius 1 is 1.27 bits per heavy atom. The quantitative estimate of drug-likeness (QED) is 0.709. The maximum atomic E-state index is 6.08. The number of nitrogens with zero attached hydrogens (tertiary/aromatic N) is 1. The highest BCUT2D eigenvalue weighted by molar-refractivity contribution is 9.28. The van der Waals surface area contributed by atoms with Crippen LogP contribution in [0.2, 0.25) is 5.02 Å². The molecule has 1 nitrogen and oxygen atoms in total. The Bertz CT molecular complexity index is 533. The summed E-state index contributed by atoms with van der Waals surface area (Å²) in [6, 6.07) is 7.66. The van der Waals surface area contributed by atoms with Gasteiger partial charge in [0.25, 0.3) is 0 Å². The number of aromatic nitrogens is 1. The summed E-state index contributed by atoms with van der Waals surface area (Å²) in [5, 5.41) is 1.69. The fourth-order valence-corrected chi connectivity index (χ4v) is 2.10. The van der Waals surface area contributed by atoms with E-state index in [0.29, 0.717) is 0 Å². The van der Waals surface area contributed by atoms with Crippen LogP contribution in [0.4, 0.5) is 0 Å². The zero-order chi connectivity index (χ0) is 10.8. The molecule has 0 aliphatic carbocycles. The highest BCUT2D eigenvalue weighted by Crippen LogP contribution is 2.27. The van der Waals surface area contributed by atoms with Crippen molar-refractivity contribution in [1.82, 2.24) is 4.98 Å². The van der Waals surface area contributed by atoms with Crippen LogP contribution in [0.15, 0.2) is 33.9 Å². The largest absolute Gasteiger partial charge is 0.256 e. The van der Waals surface area contributed by atoms with E-state index in [1.165, 1.54) is 0 Å². The van der Waals surface area contributed by atoms with E-state index < -0.39 is 0 Å². The van der Waals surface area contributed by atoms with Crippen molar-refractivity contribution in [3.8, 4) is 0 Å². The van der Waals surface area contributed by atoms with Crippen LogP contribution in [0, 0.1) is 0 Å². The van der Waals surface area contributed by atoms with Gasteiger partial charge in [0.05, 0.1) is 13.9 Å². The first-order chi connectivity index (χ1) is 7.18. The van der Waals surface area contributed by atoms with Crippen LogP contribution >= 0.6 is 43.5 Å². The number of benzene rings is 1. The van der Waals surface area contributed by atoms with E-state index in [2.05, 4.69) is 36.8 Å². The third-order valence-electron chi connectivity index (χ3n) is 2.01. The molecule has 2 rings (SSSR count). The minimum atomic E-state index is 0.723. The third-order valence-corrected chi connectivity index (χ3v) is 2.80. The molecule has 1 heterocycles. The van der Waals surface area contributed by atoms with Gasteiger partial charge >= 0.3 is 0 Å². The minimum Gasteiger partial charge on any atom is -0.256 e. The van der Waals surface area contributed by atoms with Crippen molar-refractivity contribution < 1.29 is 0 Å². The van der Waals surface area contributed by atoms with Gasteiger partial charge in [-0.05, 0) is 56.1 Å². The normalized spacial score (nSPS) is 10.3. The number of hydrogen-bond acceptors (Lipinski definition) is 1. The van der Waals surface area contributed by atoms with Gasteiger partial charge in [-0.2, -0.15) is 0 Å². The second-order valence-corrected chi connectivity index (χ2v) is 6.15. The molecule has 4 heteroatoms. The lowest BCUT2D eigenvalue weighted by atomic mass is 10.1. The van der Waals surface area contributed by atoms with Crippen LogP contribution in [0.5, 0.6) is 0 Å². The number of hydrogen-bond donors (Lipinski definition) is 0. The van der Waals surface area contributed by atoms with Crippen molar-refractivity contribution in [3.63, 3.8) is 0 Å². The lowest BCUT2D eigenvalue weighted by molar-refractivity contribution is 1.41. The average molecular weight is 347 g/mol. The minimum absolute atomic E-state index is 0.723. The maximum absolute atomic E-state index is 6.08. The fourth-order valence-electron chi connectivity index (χ4n) is 1.39. The SMILES string of the molecule is Clc1ccc(C=C(Br)Br)c2ncccc12. The Morgan fingerprint density at radius 3 is 2.80 bits per heavy atom. The van der Waals surface area contributed by atoms with Gasteiger partial charge in [0.15, 0.2) is 0 Å². The molecule has 1 aromatic carbocycles. The molecule has 0 radical (unpaired) electrons. The molecule has 0 saturated carbocycles. The molecular formula is C11H6Br2ClN. The summed E-state index contributed by atoms with van der Waals surface area (Å²) >= 11 is 12.7. The van der Waals surface area contributed by atoms with Crippen LogP contribution in [-0.2, 0) is 0 Å². The predicted molar refractivity (Wildman–Crippen MR) is 72.6 cm³/mol. The molecule has 0 bridgehead atoms. The van der Waals surface area contributed by atoms with Crippen molar-refractivity contribution in [2.45, 2.75) is 0 Å². The molecular weight excluding hydrogens is 341 g/mol. The van der Waals surface area contributed by atoms with Crippen molar-refractivity contribution in [1.29, 1.82) is 0 Å². The van der Waals surface area contributed by atoms with Crippen LogP contribution in [0.25, 0.3) is 17.0 Å². The molecule has 0 atom stereocenters. The molecule has 0 unspecified atom stereocenters. The smallest absolute Gasteiger partial charge is 0.0789 e. The number of rotatable bonds is 1. The molecule has 76 valence electrons. The summed E-state index contributed by atoms with van der Waals surface area (Å²) < 4.78 is 0.879. The van der Waals surface area contributed by atoms with Crippen LogP contribution in [-0.4, -0.2) is 4.98 Å². The van der Waals surface area contributed by atoms with E-state index in [0.717, 1.165) is 24.9 Å². The van der Waals surface area contributed by atoms with E-state index in [9.17, 15) is 0 Å². The van der Waals surface area contributed by atoms with E-state index in [1.807, 2.05) is 30.3 Å². The Morgan fingerprint density at radius 2 is 2.07 bits per heavy atom. The first-order valence-electron chi connectivity index (χ1n) is 4.24. The Hall–Kier alpha value is -0.380. The molecule has 0 spiro atoms. The van der Waals surface area contributed by atoms with Gasteiger partial charge < -0.3 is 0 Å². The summed E-state index contributed by atoms with van der Waals surface area (Å²) in [5.74, 6) is 0. The van der Waals surface area contributed by atoms with Gasteiger partial charge in [-0.1, -0.05) is 17.7 Å². The zero-order valence-electron chi connectivity index (χ0n) is 7.55. The van der Waals surface area contributed by atoms with Crippen LogP contribution in [0.1, 0.15) is 5.56 Å². The van der Waals surface area contributed by atoms with Crippen molar-refractivity contribution >= 4 is 60.4 Å². The molecule has 0 saturated heterocycles. The second kappa shape index (κ2) is 4.64. The van der Waals surface area contributed by atoms with E-state index in [4.69, 9.17) is 11.6 Å². The van der Waals surface area contributed by atoms with Gasteiger partial charge in [0, 0.05) is 17.1 Å². The first-order valence-corrected chi connectivity index (χ1v) is 6.21. The standard InChI is InChI=1S/C11H6Br2ClN/c12-10(13)6-7-3-4-9(14)8-2-1-5-15-11(7)8/h1-6H. The first kappa shape index (κ1) is 11.1. The lowest BCUT2D eigenvalue weighted by Crippen LogP contribution is -1.83. The molecule has 0 fully saturated rings. The van der Waals surface area contributed by atoms with E-state index in [-0.39, 0.29) is 0 Å². The Labute approximate surface area is 109 Å².